The maximum atomic E-state index is 14.3. The number of carbonyl (C=O) groups is 2. The number of halogens is 3. The lowest BCUT2D eigenvalue weighted by Crippen LogP contribution is -2.24. The fraction of sp³-hybridized carbons (Fsp3) is 0.481. The highest BCUT2D eigenvalue weighted by molar-refractivity contribution is 5.91. The molecule has 1 aliphatic rings. The molecule has 190 valence electrons. The normalized spacial score (nSPS) is 19.6. The van der Waals surface area contributed by atoms with Gasteiger partial charge in [0.05, 0.1) is 12.2 Å². The van der Waals surface area contributed by atoms with Gasteiger partial charge in [0.1, 0.15) is 5.75 Å². The molecule has 0 unspecified atom stereocenters. The van der Waals surface area contributed by atoms with Crippen molar-refractivity contribution in [2.24, 2.45) is 11.8 Å². The van der Waals surface area contributed by atoms with Crippen molar-refractivity contribution in [3.63, 3.8) is 0 Å². The van der Waals surface area contributed by atoms with E-state index in [0.29, 0.717) is 18.3 Å². The summed E-state index contributed by atoms with van der Waals surface area (Å²) in [5.74, 6) is -4.65. The number of esters is 1. The van der Waals surface area contributed by atoms with Gasteiger partial charge in [0.2, 0.25) is 5.82 Å². The average molecular weight is 493 g/mol. The molecule has 1 fully saturated rings. The second-order valence-electron chi connectivity index (χ2n) is 9.14. The first-order valence-corrected chi connectivity index (χ1v) is 12.0. The number of aliphatic carboxylic acids is 1. The van der Waals surface area contributed by atoms with Crippen LogP contribution < -0.4 is 9.47 Å². The fourth-order valence-corrected chi connectivity index (χ4v) is 4.60. The molecular weight excluding hydrogens is 461 g/mol. The number of carboxylic acid groups (broad SMARTS) is 1. The number of benzene rings is 2. The van der Waals surface area contributed by atoms with Gasteiger partial charge in [-0.05, 0) is 86.6 Å². The predicted octanol–water partition coefficient (Wildman–Crippen LogP) is 6.70. The van der Waals surface area contributed by atoms with E-state index in [1.54, 1.807) is 26.0 Å². The Morgan fingerprint density at radius 3 is 2.29 bits per heavy atom. The van der Waals surface area contributed by atoms with Gasteiger partial charge < -0.3 is 14.6 Å². The highest BCUT2D eigenvalue weighted by Crippen LogP contribution is 2.38. The summed E-state index contributed by atoms with van der Waals surface area (Å²) in [4.78, 5) is 23.1. The number of carbonyl (C=O) groups excluding carboxylic acids is 1. The summed E-state index contributed by atoms with van der Waals surface area (Å²) in [5, 5.41) is 8.79. The quantitative estimate of drug-likeness (QED) is 0.295. The Balaban J connectivity index is 1.51. The Hall–Kier alpha value is -3.03. The second kappa shape index (κ2) is 12.1. The average Bonchev–Trinajstić information content (AvgIpc) is 2.85. The third kappa shape index (κ3) is 6.77. The van der Waals surface area contributed by atoms with E-state index in [4.69, 9.17) is 14.6 Å². The number of hydrogen-bond acceptors (Lipinski definition) is 4. The zero-order chi connectivity index (χ0) is 25.5. The topological polar surface area (TPSA) is 72.8 Å². The molecule has 2 aromatic carbocycles. The minimum atomic E-state index is -1.82. The van der Waals surface area contributed by atoms with Gasteiger partial charge in [0.15, 0.2) is 17.7 Å². The van der Waals surface area contributed by atoms with E-state index in [-0.39, 0.29) is 18.1 Å². The summed E-state index contributed by atoms with van der Waals surface area (Å²) in [6.07, 6.45) is 3.46. The van der Waals surface area contributed by atoms with Crippen LogP contribution in [0.1, 0.15) is 74.2 Å². The van der Waals surface area contributed by atoms with Crippen LogP contribution in [0.5, 0.6) is 11.5 Å². The van der Waals surface area contributed by atoms with Gasteiger partial charge in [-0.2, -0.15) is 4.39 Å². The van der Waals surface area contributed by atoms with Gasteiger partial charge in [-0.15, -0.1) is 0 Å². The summed E-state index contributed by atoms with van der Waals surface area (Å²) in [5.41, 5.74) is 0.592. The van der Waals surface area contributed by atoms with Crippen LogP contribution in [0.3, 0.4) is 0 Å². The Labute approximate surface area is 203 Å². The number of carboxylic acids is 1. The SMILES string of the molecule is CCOc1ccc(C(=O)Oc2ccc(C3CCC(CC[C@H](C)[C@H](F)C(=O)O)CC3)cc2)c(F)c1F. The lowest BCUT2D eigenvalue weighted by atomic mass is 9.76. The van der Waals surface area contributed by atoms with E-state index in [0.717, 1.165) is 43.7 Å². The molecule has 35 heavy (non-hydrogen) atoms. The van der Waals surface area contributed by atoms with E-state index >= 15 is 0 Å². The maximum Gasteiger partial charge on any atom is 0.346 e. The largest absolute Gasteiger partial charge is 0.491 e. The molecule has 3 rings (SSSR count). The van der Waals surface area contributed by atoms with Gasteiger partial charge in [-0.1, -0.05) is 25.5 Å². The van der Waals surface area contributed by atoms with Crippen LogP contribution in [0.15, 0.2) is 36.4 Å². The number of rotatable bonds is 10. The maximum absolute atomic E-state index is 14.3. The van der Waals surface area contributed by atoms with Crippen molar-refractivity contribution in [2.75, 3.05) is 6.61 Å². The first-order chi connectivity index (χ1) is 16.7. The number of hydrogen-bond donors (Lipinski definition) is 1. The Morgan fingerprint density at radius 2 is 1.69 bits per heavy atom. The third-order valence-corrected chi connectivity index (χ3v) is 6.74. The van der Waals surface area contributed by atoms with Crippen molar-refractivity contribution in [1.29, 1.82) is 0 Å². The van der Waals surface area contributed by atoms with E-state index < -0.39 is 41.2 Å². The van der Waals surface area contributed by atoms with Crippen LogP contribution in [0, 0.1) is 23.5 Å². The molecule has 2 atom stereocenters. The van der Waals surface area contributed by atoms with Crippen molar-refractivity contribution in [1.82, 2.24) is 0 Å². The van der Waals surface area contributed by atoms with Crippen molar-refractivity contribution < 1.29 is 37.3 Å². The summed E-state index contributed by atoms with van der Waals surface area (Å²) in [6.45, 7) is 3.45. The minimum Gasteiger partial charge on any atom is -0.491 e. The lowest BCUT2D eigenvalue weighted by molar-refractivity contribution is -0.144. The molecular formula is C27H31F3O5. The van der Waals surface area contributed by atoms with Crippen LogP contribution in [0.25, 0.3) is 0 Å². The highest BCUT2D eigenvalue weighted by Gasteiger charge is 2.27. The summed E-state index contributed by atoms with van der Waals surface area (Å²) < 4.78 is 52.1. The van der Waals surface area contributed by atoms with Gasteiger partial charge >= 0.3 is 11.9 Å². The van der Waals surface area contributed by atoms with Crippen LogP contribution in [-0.2, 0) is 4.79 Å². The summed E-state index contributed by atoms with van der Waals surface area (Å²) in [6, 6.07) is 9.33. The molecule has 0 aliphatic heterocycles. The highest BCUT2D eigenvalue weighted by atomic mass is 19.2. The Bertz CT molecular complexity index is 1020. The van der Waals surface area contributed by atoms with E-state index in [2.05, 4.69) is 0 Å². The molecule has 1 aliphatic carbocycles. The number of alkyl halides is 1. The molecule has 5 nitrogen and oxygen atoms in total. The molecule has 0 spiro atoms. The van der Waals surface area contributed by atoms with Crippen molar-refractivity contribution in [2.45, 2.75) is 64.5 Å². The van der Waals surface area contributed by atoms with E-state index in [9.17, 15) is 22.8 Å². The molecule has 0 radical (unpaired) electrons. The monoisotopic (exact) mass is 492 g/mol. The first kappa shape index (κ1) is 26.6. The molecule has 2 aromatic rings. The van der Waals surface area contributed by atoms with E-state index in [1.807, 2.05) is 12.1 Å². The smallest absolute Gasteiger partial charge is 0.346 e. The minimum absolute atomic E-state index is 0.166. The van der Waals surface area contributed by atoms with Crippen molar-refractivity contribution >= 4 is 11.9 Å². The molecule has 0 aromatic heterocycles. The van der Waals surface area contributed by atoms with Gasteiger partial charge in [-0.25, -0.2) is 18.4 Å². The fourth-order valence-electron chi connectivity index (χ4n) is 4.60. The van der Waals surface area contributed by atoms with Gasteiger partial charge in [0, 0.05) is 0 Å². The van der Waals surface area contributed by atoms with Crippen molar-refractivity contribution in [3.05, 3.63) is 59.2 Å². The lowest BCUT2D eigenvalue weighted by Gasteiger charge is -2.29. The molecule has 1 saturated carbocycles. The summed E-state index contributed by atoms with van der Waals surface area (Å²) in [7, 11) is 0. The number of ether oxygens (including phenoxy) is 2. The van der Waals surface area contributed by atoms with Crippen LogP contribution in [-0.4, -0.2) is 29.8 Å². The zero-order valence-electron chi connectivity index (χ0n) is 19.9. The van der Waals surface area contributed by atoms with Crippen LogP contribution in [0.2, 0.25) is 0 Å². The molecule has 1 N–H and O–H groups in total. The standard InChI is InChI=1S/C27H31F3O5/c1-3-34-22-15-14-21(24(29)25(22)30)27(33)35-20-12-10-19(11-13-20)18-8-6-17(7-9-18)5-4-16(2)23(28)26(31)32/h10-18,23H,3-9H2,1-2H3,(H,31,32)/t16-,17?,18?,23-/m0/s1. The molecule has 0 saturated heterocycles. The van der Waals surface area contributed by atoms with Crippen LogP contribution >= 0.6 is 0 Å². The predicted molar refractivity (Wildman–Crippen MR) is 125 cm³/mol. The molecule has 8 heteroatoms. The van der Waals surface area contributed by atoms with Gasteiger partial charge in [0.25, 0.3) is 0 Å². The Morgan fingerprint density at radius 1 is 1.03 bits per heavy atom. The Kier molecular flexibility index (Phi) is 9.18. The van der Waals surface area contributed by atoms with Crippen LogP contribution in [0.4, 0.5) is 13.2 Å². The first-order valence-electron chi connectivity index (χ1n) is 12.0. The molecule has 0 bridgehead atoms. The third-order valence-electron chi connectivity index (χ3n) is 6.74. The van der Waals surface area contributed by atoms with Crippen molar-refractivity contribution in [3.8, 4) is 11.5 Å². The summed E-state index contributed by atoms with van der Waals surface area (Å²) >= 11 is 0. The van der Waals surface area contributed by atoms with Gasteiger partial charge in [-0.3, -0.25) is 0 Å². The zero-order valence-corrected chi connectivity index (χ0v) is 19.9. The second-order valence-corrected chi connectivity index (χ2v) is 9.14. The molecule has 0 heterocycles. The molecule has 0 amide bonds. The van der Waals surface area contributed by atoms with E-state index in [1.165, 1.54) is 6.07 Å².